The highest BCUT2D eigenvalue weighted by Crippen LogP contribution is 2.10. The smallest absolute Gasteiger partial charge is 0.251 e. The topological polar surface area (TPSA) is 82.0 Å². The van der Waals surface area contributed by atoms with Crippen molar-refractivity contribution >= 4 is 29.1 Å². The number of amides is 2. The minimum absolute atomic E-state index is 0.137. The van der Waals surface area contributed by atoms with E-state index in [1.54, 1.807) is 48.5 Å². The second-order valence-electron chi connectivity index (χ2n) is 4.77. The highest BCUT2D eigenvalue weighted by molar-refractivity contribution is 6.30. The average molecular weight is 328 g/mol. The predicted octanol–water partition coefficient (Wildman–Crippen LogP) is 2.77. The number of nitrogens with zero attached hydrogens (tertiary/aromatic N) is 1. The Morgan fingerprint density at radius 1 is 1.04 bits per heavy atom. The molecule has 0 unspecified atom stereocenters. The first-order chi connectivity index (χ1) is 11.1. The zero-order chi connectivity index (χ0) is 16.7. The maximum Gasteiger partial charge on any atom is 0.251 e. The molecule has 2 amide bonds. The normalized spacial score (nSPS) is 9.74. The molecular formula is C17H14ClN3O2. The summed E-state index contributed by atoms with van der Waals surface area (Å²) in [5.41, 5.74) is 1.92. The SMILES string of the molecule is N#CCc1ccc(NC(=O)CNC(=O)c2ccc(Cl)cc2)cc1. The van der Waals surface area contributed by atoms with Crippen LogP contribution in [0.15, 0.2) is 48.5 Å². The molecule has 0 bridgehead atoms. The van der Waals surface area contributed by atoms with E-state index in [9.17, 15) is 9.59 Å². The largest absolute Gasteiger partial charge is 0.343 e. The van der Waals surface area contributed by atoms with Gasteiger partial charge in [-0.25, -0.2) is 0 Å². The van der Waals surface area contributed by atoms with Gasteiger partial charge in [-0.05, 0) is 42.0 Å². The fraction of sp³-hybridized carbons (Fsp3) is 0.118. The number of rotatable bonds is 5. The number of carbonyl (C=O) groups is 2. The van der Waals surface area contributed by atoms with E-state index in [2.05, 4.69) is 16.7 Å². The van der Waals surface area contributed by atoms with Crippen LogP contribution in [0, 0.1) is 11.3 Å². The fourth-order valence-electron chi connectivity index (χ4n) is 1.87. The highest BCUT2D eigenvalue weighted by atomic mass is 35.5. The summed E-state index contributed by atoms with van der Waals surface area (Å²) < 4.78 is 0. The van der Waals surface area contributed by atoms with E-state index in [1.165, 1.54) is 0 Å². The van der Waals surface area contributed by atoms with E-state index >= 15 is 0 Å². The standard InChI is InChI=1S/C17H14ClN3O2/c18-14-5-3-13(4-6-14)17(23)20-11-16(22)21-15-7-1-12(2-8-15)9-10-19/h1-8H,9,11H2,(H,20,23)(H,21,22). The minimum Gasteiger partial charge on any atom is -0.343 e. The molecule has 2 aromatic carbocycles. The van der Waals surface area contributed by atoms with Gasteiger partial charge in [0.2, 0.25) is 5.91 Å². The van der Waals surface area contributed by atoms with E-state index in [1.807, 2.05) is 0 Å². The molecule has 0 aliphatic carbocycles. The van der Waals surface area contributed by atoms with Crippen molar-refractivity contribution in [2.24, 2.45) is 0 Å². The molecule has 2 rings (SSSR count). The van der Waals surface area contributed by atoms with Crippen molar-refractivity contribution in [3.05, 3.63) is 64.7 Å². The van der Waals surface area contributed by atoms with Gasteiger partial charge in [-0.3, -0.25) is 9.59 Å². The Morgan fingerprint density at radius 3 is 2.30 bits per heavy atom. The van der Waals surface area contributed by atoms with Crippen LogP contribution in [0.5, 0.6) is 0 Å². The summed E-state index contributed by atoms with van der Waals surface area (Å²) in [5, 5.41) is 14.3. The molecule has 0 atom stereocenters. The van der Waals surface area contributed by atoms with Gasteiger partial charge in [-0.2, -0.15) is 5.26 Å². The van der Waals surface area contributed by atoms with Gasteiger partial charge in [-0.15, -0.1) is 0 Å². The maximum absolute atomic E-state index is 11.9. The molecule has 0 radical (unpaired) electrons. The number of anilines is 1. The Kier molecular flexibility index (Phi) is 5.73. The van der Waals surface area contributed by atoms with Crippen molar-refractivity contribution in [3.63, 3.8) is 0 Å². The number of hydrogen-bond acceptors (Lipinski definition) is 3. The number of nitriles is 1. The van der Waals surface area contributed by atoms with E-state index in [-0.39, 0.29) is 18.4 Å². The van der Waals surface area contributed by atoms with Crippen LogP contribution in [0.25, 0.3) is 0 Å². The monoisotopic (exact) mass is 327 g/mol. The molecule has 0 aromatic heterocycles. The summed E-state index contributed by atoms with van der Waals surface area (Å²) >= 11 is 5.75. The lowest BCUT2D eigenvalue weighted by Crippen LogP contribution is -2.32. The molecular weight excluding hydrogens is 314 g/mol. The Balaban J connectivity index is 1.84. The molecule has 2 N–H and O–H groups in total. The Bertz CT molecular complexity index is 734. The molecule has 0 spiro atoms. The highest BCUT2D eigenvalue weighted by Gasteiger charge is 2.08. The molecule has 0 fully saturated rings. The molecule has 5 nitrogen and oxygen atoms in total. The fourth-order valence-corrected chi connectivity index (χ4v) is 1.99. The van der Waals surface area contributed by atoms with Crippen LogP contribution in [-0.2, 0) is 11.2 Å². The Labute approximate surface area is 138 Å². The van der Waals surface area contributed by atoms with Crippen molar-refractivity contribution in [2.45, 2.75) is 6.42 Å². The molecule has 23 heavy (non-hydrogen) atoms. The summed E-state index contributed by atoms with van der Waals surface area (Å²) in [6, 6.07) is 15.4. The van der Waals surface area contributed by atoms with Crippen molar-refractivity contribution in [3.8, 4) is 6.07 Å². The van der Waals surface area contributed by atoms with E-state index in [0.29, 0.717) is 22.7 Å². The number of benzene rings is 2. The Hall–Kier alpha value is -2.84. The minimum atomic E-state index is -0.346. The van der Waals surface area contributed by atoms with Crippen LogP contribution in [0.1, 0.15) is 15.9 Å². The summed E-state index contributed by atoms with van der Waals surface area (Å²) in [7, 11) is 0. The molecule has 0 saturated heterocycles. The third kappa shape index (κ3) is 5.13. The first-order valence-electron chi connectivity index (χ1n) is 6.88. The lowest BCUT2D eigenvalue weighted by molar-refractivity contribution is -0.115. The van der Waals surface area contributed by atoms with Gasteiger partial charge < -0.3 is 10.6 Å². The molecule has 0 aliphatic heterocycles. The third-order valence-corrected chi connectivity index (χ3v) is 3.29. The molecule has 2 aromatic rings. The quantitative estimate of drug-likeness (QED) is 0.886. The van der Waals surface area contributed by atoms with E-state index in [4.69, 9.17) is 16.9 Å². The summed E-state index contributed by atoms with van der Waals surface area (Å²) in [5.74, 6) is -0.679. The first-order valence-corrected chi connectivity index (χ1v) is 7.26. The summed E-state index contributed by atoms with van der Waals surface area (Å²) in [6.45, 7) is -0.137. The molecule has 0 saturated carbocycles. The van der Waals surface area contributed by atoms with Crippen LogP contribution in [0.3, 0.4) is 0 Å². The zero-order valence-electron chi connectivity index (χ0n) is 12.2. The lowest BCUT2D eigenvalue weighted by Gasteiger charge is -2.07. The van der Waals surface area contributed by atoms with Gasteiger partial charge in [0, 0.05) is 16.3 Å². The van der Waals surface area contributed by atoms with Crippen LogP contribution >= 0.6 is 11.6 Å². The molecule has 0 aliphatic rings. The Morgan fingerprint density at radius 2 is 1.70 bits per heavy atom. The zero-order valence-corrected chi connectivity index (χ0v) is 12.9. The number of hydrogen-bond donors (Lipinski definition) is 2. The van der Waals surface area contributed by atoms with Crippen LogP contribution < -0.4 is 10.6 Å². The van der Waals surface area contributed by atoms with Crippen molar-refractivity contribution in [1.29, 1.82) is 5.26 Å². The summed E-state index contributed by atoms with van der Waals surface area (Å²) in [6.07, 6.45) is 0.325. The lowest BCUT2D eigenvalue weighted by atomic mass is 10.1. The van der Waals surface area contributed by atoms with E-state index in [0.717, 1.165) is 5.56 Å². The van der Waals surface area contributed by atoms with Gasteiger partial charge in [0.05, 0.1) is 19.0 Å². The predicted molar refractivity (Wildman–Crippen MR) is 88.2 cm³/mol. The van der Waals surface area contributed by atoms with Crippen LogP contribution in [0.2, 0.25) is 5.02 Å². The van der Waals surface area contributed by atoms with Crippen molar-refractivity contribution < 1.29 is 9.59 Å². The van der Waals surface area contributed by atoms with E-state index < -0.39 is 0 Å². The van der Waals surface area contributed by atoms with Gasteiger partial charge in [0.15, 0.2) is 0 Å². The first kappa shape index (κ1) is 16.5. The van der Waals surface area contributed by atoms with Gasteiger partial charge >= 0.3 is 0 Å². The summed E-state index contributed by atoms with van der Waals surface area (Å²) in [4.78, 5) is 23.7. The van der Waals surface area contributed by atoms with Crippen molar-refractivity contribution in [2.75, 3.05) is 11.9 Å². The van der Waals surface area contributed by atoms with Gasteiger partial charge in [0.25, 0.3) is 5.91 Å². The second kappa shape index (κ2) is 7.97. The van der Waals surface area contributed by atoms with Crippen molar-refractivity contribution in [1.82, 2.24) is 5.32 Å². The number of halogens is 1. The van der Waals surface area contributed by atoms with Crippen LogP contribution in [0.4, 0.5) is 5.69 Å². The molecule has 0 heterocycles. The van der Waals surface area contributed by atoms with Gasteiger partial charge in [0.1, 0.15) is 0 Å². The second-order valence-corrected chi connectivity index (χ2v) is 5.21. The maximum atomic E-state index is 11.9. The molecule has 116 valence electrons. The number of carbonyl (C=O) groups excluding carboxylic acids is 2. The average Bonchev–Trinajstić information content (AvgIpc) is 2.55. The molecule has 6 heteroatoms. The third-order valence-electron chi connectivity index (χ3n) is 3.04. The van der Waals surface area contributed by atoms with Crippen LogP contribution in [-0.4, -0.2) is 18.4 Å². The van der Waals surface area contributed by atoms with Gasteiger partial charge in [-0.1, -0.05) is 23.7 Å². The number of nitrogens with one attached hydrogen (secondary N) is 2.